The minimum absolute atomic E-state index is 0.0740. The predicted octanol–water partition coefficient (Wildman–Crippen LogP) is 2.23. The van der Waals surface area contributed by atoms with Crippen molar-refractivity contribution in [1.29, 1.82) is 0 Å². The molecular formula is C14H20N2O2. The van der Waals surface area contributed by atoms with Gasteiger partial charge in [-0.1, -0.05) is 12.1 Å². The molecule has 4 nitrogen and oxygen atoms in total. The zero-order valence-electron chi connectivity index (χ0n) is 11.0. The fourth-order valence-electron chi connectivity index (χ4n) is 2.15. The number of carbonyl (C=O) groups excluding carboxylic acids is 1. The lowest BCUT2D eigenvalue weighted by molar-refractivity contribution is 0.137. The van der Waals surface area contributed by atoms with Crippen molar-refractivity contribution in [2.75, 3.05) is 13.1 Å². The predicted molar refractivity (Wildman–Crippen MR) is 70.7 cm³/mol. The SMILES string of the molecule is Cc1ccc(C)c(OC(=O)N2CCCC(N)C2)c1. The number of likely N-dealkylation sites (tertiary alicyclic amines) is 1. The molecule has 1 saturated heterocycles. The van der Waals surface area contributed by atoms with Crippen LogP contribution in [0, 0.1) is 13.8 Å². The van der Waals surface area contributed by atoms with Crippen LogP contribution in [0.15, 0.2) is 18.2 Å². The van der Waals surface area contributed by atoms with Crippen molar-refractivity contribution in [3.8, 4) is 5.75 Å². The summed E-state index contributed by atoms with van der Waals surface area (Å²) in [7, 11) is 0. The molecule has 0 aromatic heterocycles. The highest BCUT2D eigenvalue weighted by Crippen LogP contribution is 2.20. The number of hydrogen-bond acceptors (Lipinski definition) is 3. The van der Waals surface area contributed by atoms with Crippen molar-refractivity contribution in [3.05, 3.63) is 29.3 Å². The first-order valence-corrected chi connectivity index (χ1v) is 6.36. The van der Waals surface area contributed by atoms with Crippen LogP contribution in [0.4, 0.5) is 4.79 Å². The summed E-state index contributed by atoms with van der Waals surface area (Å²) in [6, 6.07) is 5.92. The van der Waals surface area contributed by atoms with E-state index in [1.54, 1.807) is 4.90 Å². The molecule has 4 heteroatoms. The third kappa shape index (κ3) is 3.01. The molecule has 1 aromatic carbocycles. The Morgan fingerprint density at radius 1 is 1.44 bits per heavy atom. The fraction of sp³-hybridized carbons (Fsp3) is 0.500. The van der Waals surface area contributed by atoms with Gasteiger partial charge < -0.3 is 15.4 Å². The van der Waals surface area contributed by atoms with Crippen molar-refractivity contribution in [3.63, 3.8) is 0 Å². The number of nitrogens with two attached hydrogens (primary N) is 1. The van der Waals surface area contributed by atoms with E-state index in [2.05, 4.69) is 0 Å². The molecule has 98 valence electrons. The smallest absolute Gasteiger partial charge is 0.410 e. The number of ether oxygens (including phenoxy) is 1. The van der Waals surface area contributed by atoms with Gasteiger partial charge in [0.25, 0.3) is 0 Å². The van der Waals surface area contributed by atoms with E-state index in [0.717, 1.165) is 30.5 Å². The van der Waals surface area contributed by atoms with Gasteiger partial charge in [0.1, 0.15) is 5.75 Å². The second-order valence-corrected chi connectivity index (χ2v) is 4.99. The summed E-state index contributed by atoms with van der Waals surface area (Å²) in [6.07, 6.45) is 1.63. The van der Waals surface area contributed by atoms with Crippen molar-refractivity contribution >= 4 is 6.09 Å². The molecule has 0 saturated carbocycles. The van der Waals surface area contributed by atoms with Crippen molar-refractivity contribution in [1.82, 2.24) is 4.90 Å². The van der Waals surface area contributed by atoms with Crippen LogP contribution in [0.5, 0.6) is 5.75 Å². The van der Waals surface area contributed by atoms with E-state index in [1.807, 2.05) is 32.0 Å². The molecule has 1 unspecified atom stereocenters. The standard InChI is InChI=1S/C14H20N2O2/c1-10-5-6-11(2)13(8-10)18-14(17)16-7-3-4-12(15)9-16/h5-6,8,12H,3-4,7,9,15H2,1-2H3. The Balaban J connectivity index is 2.04. The maximum Gasteiger partial charge on any atom is 0.415 e. The molecule has 2 rings (SSSR count). The van der Waals surface area contributed by atoms with Gasteiger partial charge in [0.05, 0.1) is 0 Å². The monoisotopic (exact) mass is 248 g/mol. The highest BCUT2D eigenvalue weighted by atomic mass is 16.6. The fourth-order valence-corrected chi connectivity index (χ4v) is 2.15. The van der Waals surface area contributed by atoms with Crippen LogP contribution in [0.25, 0.3) is 0 Å². The molecule has 18 heavy (non-hydrogen) atoms. The van der Waals surface area contributed by atoms with Gasteiger partial charge in [-0.3, -0.25) is 0 Å². The summed E-state index contributed by atoms with van der Waals surface area (Å²) in [5, 5.41) is 0. The van der Waals surface area contributed by atoms with Gasteiger partial charge in [0.15, 0.2) is 0 Å². The number of nitrogens with zero attached hydrogens (tertiary/aromatic N) is 1. The normalized spacial score (nSPS) is 19.7. The van der Waals surface area contributed by atoms with E-state index in [1.165, 1.54) is 0 Å². The van der Waals surface area contributed by atoms with Crippen molar-refractivity contribution in [2.45, 2.75) is 32.7 Å². The minimum atomic E-state index is -0.293. The molecule has 1 fully saturated rings. The quantitative estimate of drug-likeness (QED) is 0.829. The molecule has 0 spiro atoms. The second kappa shape index (κ2) is 5.40. The molecule has 1 aliphatic rings. The molecule has 1 atom stereocenters. The van der Waals surface area contributed by atoms with E-state index in [4.69, 9.17) is 10.5 Å². The van der Waals surface area contributed by atoms with E-state index < -0.39 is 0 Å². The largest absolute Gasteiger partial charge is 0.415 e. The number of amides is 1. The van der Waals surface area contributed by atoms with Crippen LogP contribution < -0.4 is 10.5 Å². The minimum Gasteiger partial charge on any atom is -0.410 e. The zero-order chi connectivity index (χ0) is 13.1. The van der Waals surface area contributed by atoms with Gasteiger partial charge >= 0.3 is 6.09 Å². The van der Waals surface area contributed by atoms with Crippen LogP contribution in [-0.4, -0.2) is 30.1 Å². The van der Waals surface area contributed by atoms with Crippen LogP contribution >= 0.6 is 0 Å². The molecular weight excluding hydrogens is 228 g/mol. The third-order valence-corrected chi connectivity index (χ3v) is 3.26. The van der Waals surface area contributed by atoms with E-state index in [0.29, 0.717) is 12.3 Å². The average molecular weight is 248 g/mol. The molecule has 0 bridgehead atoms. The Kier molecular flexibility index (Phi) is 3.87. The number of rotatable bonds is 1. The van der Waals surface area contributed by atoms with E-state index >= 15 is 0 Å². The Morgan fingerprint density at radius 3 is 2.94 bits per heavy atom. The van der Waals surface area contributed by atoms with E-state index in [-0.39, 0.29) is 12.1 Å². The van der Waals surface area contributed by atoms with Crippen LogP contribution in [0.1, 0.15) is 24.0 Å². The number of aryl methyl sites for hydroxylation is 2. The van der Waals surface area contributed by atoms with Gasteiger partial charge in [-0.15, -0.1) is 0 Å². The Hall–Kier alpha value is -1.55. The maximum atomic E-state index is 12.0. The molecule has 0 aliphatic carbocycles. The summed E-state index contributed by atoms with van der Waals surface area (Å²) in [5.74, 6) is 0.638. The average Bonchev–Trinajstić information content (AvgIpc) is 2.34. The highest BCUT2D eigenvalue weighted by molar-refractivity contribution is 5.71. The molecule has 0 radical (unpaired) electrons. The molecule has 2 N–H and O–H groups in total. The van der Waals surface area contributed by atoms with Crippen LogP contribution in [-0.2, 0) is 0 Å². The topological polar surface area (TPSA) is 55.6 Å². The van der Waals surface area contributed by atoms with Crippen molar-refractivity contribution in [2.24, 2.45) is 5.73 Å². The van der Waals surface area contributed by atoms with Gasteiger partial charge in [-0.25, -0.2) is 4.79 Å². The summed E-state index contributed by atoms with van der Waals surface area (Å²) in [6.45, 7) is 5.23. The second-order valence-electron chi connectivity index (χ2n) is 4.99. The zero-order valence-corrected chi connectivity index (χ0v) is 11.0. The Bertz CT molecular complexity index is 445. The lowest BCUT2D eigenvalue weighted by Gasteiger charge is -2.30. The van der Waals surface area contributed by atoms with Crippen molar-refractivity contribution < 1.29 is 9.53 Å². The van der Waals surface area contributed by atoms with Gasteiger partial charge in [-0.05, 0) is 43.9 Å². The number of hydrogen-bond donors (Lipinski definition) is 1. The van der Waals surface area contributed by atoms with Gasteiger partial charge in [0, 0.05) is 19.1 Å². The van der Waals surface area contributed by atoms with Crippen LogP contribution in [0.2, 0.25) is 0 Å². The van der Waals surface area contributed by atoms with Crippen LogP contribution in [0.3, 0.4) is 0 Å². The maximum absolute atomic E-state index is 12.0. The lowest BCUT2D eigenvalue weighted by Crippen LogP contribution is -2.46. The first-order chi connectivity index (χ1) is 8.56. The number of carbonyl (C=O) groups is 1. The highest BCUT2D eigenvalue weighted by Gasteiger charge is 2.23. The summed E-state index contributed by atoms with van der Waals surface area (Å²) in [5.41, 5.74) is 7.91. The Morgan fingerprint density at radius 2 is 2.22 bits per heavy atom. The Labute approximate surface area is 108 Å². The summed E-state index contributed by atoms with van der Waals surface area (Å²) in [4.78, 5) is 13.7. The number of piperidine rings is 1. The third-order valence-electron chi connectivity index (χ3n) is 3.26. The summed E-state index contributed by atoms with van der Waals surface area (Å²) < 4.78 is 5.45. The van der Waals surface area contributed by atoms with Gasteiger partial charge in [-0.2, -0.15) is 0 Å². The molecule has 1 heterocycles. The summed E-state index contributed by atoms with van der Waals surface area (Å²) >= 11 is 0. The first-order valence-electron chi connectivity index (χ1n) is 6.36. The first kappa shape index (κ1) is 12.9. The number of benzene rings is 1. The van der Waals surface area contributed by atoms with Gasteiger partial charge in [0.2, 0.25) is 0 Å². The van der Waals surface area contributed by atoms with E-state index in [9.17, 15) is 4.79 Å². The lowest BCUT2D eigenvalue weighted by atomic mass is 10.1. The molecule has 1 aromatic rings. The molecule has 1 aliphatic heterocycles. The molecule has 1 amide bonds.